The van der Waals surface area contributed by atoms with E-state index in [1.54, 1.807) is 42.5 Å². The number of carbonyl (C=O) groups excluding carboxylic acids is 2. The van der Waals surface area contributed by atoms with Gasteiger partial charge in [-0.25, -0.2) is 17.2 Å². The van der Waals surface area contributed by atoms with Crippen LogP contribution in [0.25, 0.3) is 10.9 Å². The maximum Gasteiger partial charge on any atom is 0.340 e. The number of rotatable bonds is 5. The van der Waals surface area contributed by atoms with E-state index >= 15 is 0 Å². The molecule has 0 radical (unpaired) electrons. The highest BCUT2D eigenvalue weighted by molar-refractivity contribution is 7.90. The molecule has 2 aromatic heterocycles. The molecule has 0 aliphatic rings. The summed E-state index contributed by atoms with van der Waals surface area (Å²) in [7, 11) is -3.01. The van der Waals surface area contributed by atoms with Gasteiger partial charge < -0.3 is 4.74 Å². The number of pyridine rings is 1. The Balaban J connectivity index is 2.05. The van der Waals surface area contributed by atoms with Crippen molar-refractivity contribution in [1.82, 2.24) is 8.96 Å². The Hall–Kier alpha value is -3.49. The van der Waals surface area contributed by atoms with Crippen LogP contribution in [0.1, 0.15) is 26.4 Å². The SMILES string of the molecule is COC(=O)c1cnccc1C(=O)c1c(Cl)c2ccccc2n1S(=O)(=O)c1ccccc1. The molecule has 0 amide bonds. The van der Waals surface area contributed by atoms with Crippen molar-refractivity contribution in [2.45, 2.75) is 4.90 Å². The molecule has 0 fully saturated rings. The summed E-state index contributed by atoms with van der Waals surface area (Å²) in [6.07, 6.45) is 2.51. The molecule has 156 valence electrons. The number of carbonyl (C=O) groups is 2. The highest BCUT2D eigenvalue weighted by Crippen LogP contribution is 2.35. The average Bonchev–Trinajstić information content (AvgIpc) is 3.12. The molecule has 0 aliphatic heterocycles. The maximum atomic E-state index is 13.6. The van der Waals surface area contributed by atoms with Crippen LogP contribution >= 0.6 is 11.6 Å². The first kappa shape index (κ1) is 20.8. The van der Waals surface area contributed by atoms with Crippen LogP contribution in [0.2, 0.25) is 5.02 Å². The summed E-state index contributed by atoms with van der Waals surface area (Å²) in [5, 5.41) is 0.355. The normalized spacial score (nSPS) is 11.4. The van der Waals surface area contributed by atoms with Crippen LogP contribution in [-0.4, -0.2) is 36.2 Å². The van der Waals surface area contributed by atoms with Gasteiger partial charge in [0.05, 0.1) is 28.1 Å². The van der Waals surface area contributed by atoms with Gasteiger partial charge in [-0.3, -0.25) is 9.78 Å². The summed E-state index contributed by atoms with van der Waals surface area (Å²) in [6, 6.07) is 15.6. The minimum Gasteiger partial charge on any atom is -0.465 e. The predicted molar refractivity (Wildman–Crippen MR) is 115 cm³/mol. The zero-order chi connectivity index (χ0) is 22.2. The van der Waals surface area contributed by atoms with E-state index in [1.165, 1.54) is 37.7 Å². The number of nitrogens with zero attached hydrogens (tertiary/aromatic N) is 2. The molecule has 4 rings (SSSR count). The molecule has 2 aromatic carbocycles. The Morgan fingerprint density at radius 2 is 1.65 bits per heavy atom. The zero-order valence-corrected chi connectivity index (χ0v) is 17.7. The van der Waals surface area contributed by atoms with Crippen LogP contribution in [0.4, 0.5) is 0 Å². The van der Waals surface area contributed by atoms with Gasteiger partial charge in [-0.15, -0.1) is 0 Å². The summed E-state index contributed by atoms with van der Waals surface area (Å²) in [5.74, 6) is -1.52. The van der Waals surface area contributed by atoms with E-state index in [9.17, 15) is 18.0 Å². The molecule has 31 heavy (non-hydrogen) atoms. The molecule has 0 atom stereocenters. The Morgan fingerprint density at radius 3 is 2.35 bits per heavy atom. The van der Waals surface area contributed by atoms with Gasteiger partial charge >= 0.3 is 5.97 Å². The lowest BCUT2D eigenvalue weighted by Crippen LogP contribution is -2.21. The molecule has 0 unspecified atom stereocenters. The first-order valence-corrected chi connectivity index (χ1v) is 10.9. The number of methoxy groups -OCH3 is 1. The lowest BCUT2D eigenvalue weighted by Gasteiger charge is -2.13. The summed E-state index contributed by atoms with van der Waals surface area (Å²) >= 11 is 6.53. The third-order valence-corrected chi connectivity index (χ3v) is 6.85. The number of hydrogen-bond donors (Lipinski definition) is 0. The molecule has 7 nitrogen and oxygen atoms in total. The van der Waals surface area contributed by atoms with Crippen LogP contribution < -0.4 is 0 Å². The van der Waals surface area contributed by atoms with E-state index in [2.05, 4.69) is 4.98 Å². The zero-order valence-electron chi connectivity index (χ0n) is 16.2. The number of esters is 1. The fourth-order valence-electron chi connectivity index (χ4n) is 3.31. The number of fused-ring (bicyclic) bond motifs is 1. The van der Waals surface area contributed by atoms with E-state index < -0.39 is 21.8 Å². The minimum absolute atomic E-state index is 0.00982. The Kier molecular flexibility index (Phi) is 5.34. The smallest absolute Gasteiger partial charge is 0.340 e. The molecule has 0 N–H and O–H groups in total. The monoisotopic (exact) mass is 454 g/mol. The minimum atomic E-state index is -4.19. The number of ketones is 1. The Labute approximate surface area is 182 Å². The predicted octanol–water partition coefficient (Wildman–Crippen LogP) is 3.94. The second-order valence-electron chi connectivity index (χ2n) is 6.50. The van der Waals surface area contributed by atoms with Gasteiger partial charge in [0.1, 0.15) is 5.69 Å². The third-order valence-electron chi connectivity index (χ3n) is 4.74. The van der Waals surface area contributed by atoms with E-state index in [1.807, 2.05) is 0 Å². The van der Waals surface area contributed by atoms with Crippen LogP contribution in [0, 0.1) is 0 Å². The summed E-state index contributed by atoms with van der Waals surface area (Å²) in [6.45, 7) is 0. The first-order valence-electron chi connectivity index (χ1n) is 9.04. The van der Waals surface area contributed by atoms with E-state index in [-0.39, 0.29) is 32.3 Å². The quantitative estimate of drug-likeness (QED) is 0.335. The lowest BCUT2D eigenvalue weighted by molar-refractivity contribution is 0.0597. The molecule has 0 bridgehead atoms. The average molecular weight is 455 g/mol. The molecule has 0 spiro atoms. The summed E-state index contributed by atoms with van der Waals surface area (Å²) in [5.41, 5.74) is -0.201. The van der Waals surface area contributed by atoms with Gasteiger partial charge in [0.2, 0.25) is 5.78 Å². The summed E-state index contributed by atoms with van der Waals surface area (Å²) in [4.78, 5) is 29.6. The van der Waals surface area contributed by atoms with E-state index in [0.717, 1.165) is 3.97 Å². The molecule has 2 heterocycles. The number of ether oxygens (including phenoxy) is 1. The van der Waals surface area contributed by atoms with Crippen LogP contribution in [-0.2, 0) is 14.8 Å². The molecule has 0 saturated heterocycles. The van der Waals surface area contributed by atoms with Crippen LogP contribution in [0.15, 0.2) is 78.0 Å². The molecule has 4 aromatic rings. The van der Waals surface area contributed by atoms with Crippen molar-refractivity contribution < 1.29 is 22.7 Å². The lowest BCUT2D eigenvalue weighted by atomic mass is 10.0. The van der Waals surface area contributed by atoms with Gasteiger partial charge in [0.25, 0.3) is 10.0 Å². The van der Waals surface area contributed by atoms with Crippen molar-refractivity contribution in [2.75, 3.05) is 7.11 Å². The van der Waals surface area contributed by atoms with E-state index in [0.29, 0.717) is 5.39 Å². The fraction of sp³-hybridized carbons (Fsp3) is 0.0455. The molecule has 0 saturated carbocycles. The topological polar surface area (TPSA) is 95.3 Å². The third kappa shape index (κ3) is 3.39. The second-order valence-corrected chi connectivity index (χ2v) is 8.67. The van der Waals surface area contributed by atoms with Crippen molar-refractivity contribution in [3.8, 4) is 0 Å². The Bertz CT molecular complexity index is 1430. The van der Waals surface area contributed by atoms with E-state index in [4.69, 9.17) is 16.3 Å². The number of halogens is 1. The van der Waals surface area contributed by atoms with Crippen molar-refractivity contribution >= 4 is 44.3 Å². The largest absolute Gasteiger partial charge is 0.465 e. The standard InChI is InChI=1S/C22H15ClN2O5S/c1-30-22(27)17-13-24-12-11-15(17)21(26)20-19(23)16-9-5-6-10-18(16)25(20)31(28,29)14-7-3-2-4-8-14/h2-13H,1H3. The van der Waals surface area contributed by atoms with Gasteiger partial charge in [0.15, 0.2) is 0 Å². The first-order chi connectivity index (χ1) is 14.9. The number of aromatic nitrogens is 2. The number of hydrogen-bond acceptors (Lipinski definition) is 6. The van der Waals surface area contributed by atoms with Crippen LogP contribution in [0.5, 0.6) is 0 Å². The molecule has 0 aliphatic carbocycles. The Morgan fingerprint density at radius 1 is 0.968 bits per heavy atom. The maximum absolute atomic E-state index is 13.6. The van der Waals surface area contributed by atoms with Crippen molar-refractivity contribution in [3.05, 3.63) is 94.9 Å². The van der Waals surface area contributed by atoms with Crippen molar-refractivity contribution in [1.29, 1.82) is 0 Å². The highest BCUT2D eigenvalue weighted by atomic mass is 35.5. The van der Waals surface area contributed by atoms with Gasteiger partial charge in [0, 0.05) is 23.3 Å². The molecular weight excluding hydrogens is 440 g/mol. The van der Waals surface area contributed by atoms with Crippen LogP contribution in [0.3, 0.4) is 0 Å². The van der Waals surface area contributed by atoms with Crippen molar-refractivity contribution in [2.24, 2.45) is 0 Å². The van der Waals surface area contributed by atoms with Gasteiger partial charge in [-0.2, -0.15) is 0 Å². The fourth-order valence-corrected chi connectivity index (χ4v) is 5.23. The second kappa shape index (κ2) is 7.98. The number of para-hydroxylation sites is 1. The van der Waals surface area contributed by atoms with Gasteiger partial charge in [-0.05, 0) is 24.3 Å². The molecule has 9 heteroatoms. The number of benzene rings is 2. The van der Waals surface area contributed by atoms with Crippen molar-refractivity contribution in [3.63, 3.8) is 0 Å². The highest BCUT2D eigenvalue weighted by Gasteiger charge is 2.32. The summed E-state index contributed by atoms with van der Waals surface area (Å²) < 4.78 is 32.7. The molecular formula is C22H15ClN2O5S. The van der Waals surface area contributed by atoms with Gasteiger partial charge in [-0.1, -0.05) is 48.0 Å².